The minimum absolute atomic E-state index is 0.205. The standard InChI is InChI=1S/C23H24Cl2N2O4S/c1-3-21(27(32(2,29)30)17-11-12-19(24)20(25)15-17)23(28)26-13-14-31-22-10-6-8-16-7-4-5-9-18(16)22/h4-12,15,21H,3,13-14H2,1-2H3,(H,26,28)/t21-/m1/s1. The quantitative estimate of drug-likeness (QED) is 0.429. The van der Waals surface area contributed by atoms with Crippen LogP contribution in [0.15, 0.2) is 60.7 Å². The van der Waals surface area contributed by atoms with Crippen molar-refractivity contribution in [2.24, 2.45) is 0 Å². The van der Waals surface area contributed by atoms with Gasteiger partial charge in [0, 0.05) is 5.39 Å². The lowest BCUT2D eigenvalue weighted by atomic mass is 10.1. The molecule has 9 heteroatoms. The molecule has 0 aromatic heterocycles. The van der Waals surface area contributed by atoms with Gasteiger partial charge in [0.2, 0.25) is 15.9 Å². The van der Waals surface area contributed by atoms with Crippen LogP contribution in [0.2, 0.25) is 10.0 Å². The molecule has 0 radical (unpaired) electrons. The fraction of sp³-hybridized carbons (Fsp3) is 0.261. The number of benzene rings is 3. The lowest BCUT2D eigenvalue weighted by Crippen LogP contribution is -2.50. The van der Waals surface area contributed by atoms with Gasteiger partial charge in [-0.1, -0.05) is 66.5 Å². The van der Waals surface area contributed by atoms with Crippen molar-refractivity contribution in [2.75, 3.05) is 23.7 Å². The number of anilines is 1. The van der Waals surface area contributed by atoms with Crippen LogP contribution in [-0.4, -0.2) is 39.8 Å². The molecule has 32 heavy (non-hydrogen) atoms. The average Bonchev–Trinajstić information content (AvgIpc) is 2.76. The van der Waals surface area contributed by atoms with Crippen LogP contribution >= 0.6 is 23.2 Å². The van der Waals surface area contributed by atoms with Crippen molar-refractivity contribution in [1.82, 2.24) is 5.32 Å². The topological polar surface area (TPSA) is 75.7 Å². The minimum Gasteiger partial charge on any atom is -0.491 e. The van der Waals surface area contributed by atoms with E-state index in [1.54, 1.807) is 6.92 Å². The number of fused-ring (bicyclic) bond motifs is 1. The zero-order valence-corrected chi connectivity index (χ0v) is 20.0. The van der Waals surface area contributed by atoms with Crippen molar-refractivity contribution in [3.05, 3.63) is 70.7 Å². The third kappa shape index (κ3) is 5.65. The van der Waals surface area contributed by atoms with Crippen LogP contribution in [-0.2, 0) is 14.8 Å². The number of hydrogen-bond acceptors (Lipinski definition) is 4. The van der Waals surface area contributed by atoms with Gasteiger partial charge in [-0.3, -0.25) is 9.10 Å². The van der Waals surface area contributed by atoms with Crippen molar-refractivity contribution in [3.8, 4) is 5.75 Å². The van der Waals surface area contributed by atoms with Crippen molar-refractivity contribution >= 4 is 55.6 Å². The molecule has 1 atom stereocenters. The summed E-state index contributed by atoms with van der Waals surface area (Å²) in [6.07, 6.45) is 1.32. The molecular formula is C23H24Cl2N2O4S. The highest BCUT2D eigenvalue weighted by molar-refractivity contribution is 7.92. The summed E-state index contributed by atoms with van der Waals surface area (Å²) >= 11 is 12.0. The van der Waals surface area contributed by atoms with Crippen LogP contribution in [0.1, 0.15) is 13.3 Å². The average molecular weight is 495 g/mol. The van der Waals surface area contributed by atoms with Crippen LogP contribution < -0.4 is 14.4 Å². The van der Waals surface area contributed by atoms with Gasteiger partial charge in [-0.25, -0.2) is 8.42 Å². The molecule has 1 amide bonds. The number of carbonyl (C=O) groups is 1. The molecular weight excluding hydrogens is 471 g/mol. The first-order valence-corrected chi connectivity index (χ1v) is 12.7. The zero-order chi connectivity index (χ0) is 23.3. The molecule has 0 aliphatic rings. The second-order valence-electron chi connectivity index (χ2n) is 7.20. The predicted molar refractivity (Wildman–Crippen MR) is 130 cm³/mol. The van der Waals surface area contributed by atoms with Gasteiger partial charge in [-0.15, -0.1) is 0 Å². The van der Waals surface area contributed by atoms with Gasteiger partial charge in [0.05, 0.1) is 28.5 Å². The Morgan fingerprint density at radius 3 is 2.47 bits per heavy atom. The number of nitrogens with zero attached hydrogens (tertiary/aromatic N) is 1. The molecule has 170 valence electrons. The zero-order valence-electron chi connectivity index (χ0n) is 17.7. The Labute approximate surface area is 198 Å². The van der Waals surface area contributed by atoms with Crippen LogP contribution in [0.5, 0.6) is 5.75 Å². The lowest BCUT2D eigenvalue weighted by Gasteiger charge is -2.30. The van der Waals surface area contributed by atoms with E-state index in [0.717, 1.165) is 27.1 Å². The SMILES string of the molecule is CC[C@H](C(=O)NCCOc1cccc2ccccc12)N(c1ccc(Cl)c(Cl)c1)S(C)(=O)=O. The summed E-state index contributed by atoms with van der Waals surface area (Å²) in [6, 6.07) is 17.2. The number of rotatable bonds is 9. The maximum atomic E-state index is 12.9. The van der Waals surface area contributed by atoms with Gasteiger partial charge >= 0.3 is 0 Å². The molecule has 0 heterocycles. The molecule has 0 unspecified atom stereocenters. The largest absolute Gasteiger partial charge is 0.491 e. The molecule has 3 aromatic rings. The summed E-state index contributed by atoms with van der Waals surface area (Å²) in [6.45, 7) is 2.20. The second-order valence-corrected chi connectivity index (χ2v) is 9.87. The number of amides is 1. The van der Waals surface area contributed by atoms with E-state index in [-0.39, 0.29) is 30.3 Å². The molecule has 0 saturated heterocycles. The van der Waals surface area contributed by atoms with Crippen molar-refractivity contribution < 1.29 is 17.9 Å². The number of nitrogens with one attached hydrogen (secondary N) is 1. The smallest absolute Gasteiger partial charge is 0.244 e. The van der Waals surface area contributed by atoms with Crippen molar-refractivity contribution in [1.29, 1.82) is 0 Å². The van der Waals surface area contributed by atoms with Crippen molar-refractivity contribution in [2.45, 2.75) is 19.4 Å². The molecule has 0 spiro atoms. The van der Waals surface area contributed by atoms with Gasteiger partial charge in [0.25, 0.3) is 0 Å². The fourth-order valence-corrected chi connectivity index (χ4v) is 4.95. The summed E-state index contributed by atoms with van der Waals surface area (Å²) in [5, 5.41) is 5.32. The summed E-state index contributed by atoms with van der Waals surface area (Å²) in [4.78, 5) is 12.9. The molecule has 1 N–H and O–H groups in total. The molecule has 0 aliphatic heterocycles. The van der Waals surface area contributed by atoms with Crippen molar-refractivity contribution in [3.63, 3.8) is 0 Å². The third-order valence-electron chi connectivity index (χ3n) is 4.90. The molecule has 3 aromatic carbocycles. The molecule has 0 saturated carbocycles. The van der Waals surface area contributed by atoms with E-state index in [1.807, 2.05) is 42.5 Å². The normalized spacial score (nSPS) is 12.4. The second kappa shape index (κ2) is 10.4. The predicted octanol–water partition coefficient (Wildman–Crippen LogP) is 4.89. The van der Waals surface area contributed by atoms with Gasteiger partial charge < -0.3 is 10.1 Å². The van der Waals surface area contributed by atoms with E-state index < -0.39 is 22.0 Å². The first-order valence-electron chi connectivity index (χ1n) is 10.0. The molecule has 0 bridgehead atoms. The highest BCUT2D eigenvalue weighted by Gasteiger charge is 2.31. The number of carbonyl (C=O) groups excluding carboxylic acids is 1. The molecule has 0 aliphatic carbocycles. The third-order valence-corrected chi connectivity index (χ3v) is 6.81. The van der Waals surface area contributed by atoms with Crippen LogP contribution in [0.25, 0.3) is 10.8 Å². The van der Waals surface area contributed by atoms with E-state index in [2.05, 4.69) is 5.32 Å². The summed E-state index contributed by atoms with van der Waals surface area (Å²) < 4.78 is 31.9. The van der Waals surface area contributed by atoms with Gasteiger partial charge in [0.1, 0.15) is 18.4 Å². The number of hydrogen-bond donors (Lipinski definition) is 1. The van der Waals surface area contributed by atoms with E-state index in [9.17, 15) is 13.2 Å². The molecule has 0 fully saturated rings. The van der Waals surface area contributed by atoms with Crippen LogP contribution in [0.4, 0.5) is 5.69 Å². The lowest BCUT2D eigenvalue weighted by molar-refractivity contribution is -0.122. The first kappa shape index (κ1) is 24.2. The Balaban J connectivity index is 1.69. The Hall–Kier alpha value is -2.48. The highest BCUT2D eigenvalue weighted by atomic mass is 35.5. The highest BCUT2D eigenvalue weighted by Crippen LogP contribution is 2.30. The first-order chi connectivity index (χ1) is 15.2. The number of ether oxygens (including phenoxy) is 1. The van der Waals surface area contributed by atoms with Crippen LogP contribution in [0, 0.1) is 0 Å². The Kier molecular flexibility index (Phi) is 7.87. The fourth-order valence-electron chi connectivity index (χ4n) is 3.46. The molecule has 6 nitrogen and oxygen atoms in total. The number of sulfonamides is 1. The molecule has 3 rings (SSSR count). The van der Waals surface area contributed by atoms with Crippen LogP contribution in [0.3, 0.4) is 0 Å². The van der Waals surface area contributed by atoms with E-state index in [4.69, 9.17) is 27.9 Å². The maximum absolute atomic E-state index is 12.9. The van der Waals surface area contributed by atoms with Gasteiger partial charge in [-0.2, -0.15) is 0 Å². The Bertz CT molecular complexity index is 1210. The Morgan fingerprint density at radius 2 is 1.78 bits per heavy atom. The summed E-state index contributed by atoms with van der Waals surface area (Å²) in [7, 11) is -3.76. The monoisotopic (exact) mass is 494 g/mol. The number of halogens is 2. The van der Waals surface area contributed by atoms with Gasteiger partial charge in [0.15, 0.2) is 0 Å². The maximum Gasteiger partial charge on any atom is 0.244 e. The van der Waals surface area contributed by atoms with E-state index in [1.165, 1.54) is 18.2 Å². The van der Waals surface area contributed by atoms with E-state index in [0.29, 0.717) is 5.02 Å². The van der Waals surface area contributed by atoms with Gasteiger partial charge in [-0.05, 0) is 36.1 Å². The summed E-state index contributed by atoms with van der Waals surface area (Å²) in [5.74, 6) is 0.295. The summed E-state index contributed by atoms with van der Waals surface area (Å²) in [5.41, 5.74) is 0.274. The Morgan fingerprint density at radius 1 is 1.06 bits per heavy atom. The van der Waals surface area contributed by atoms with E-state index >= 15 is 0 Å². The minimum atomic E-state index is -3.76.